The number of hydrogen-bond acceptors (Lipinski definition) is 3. The minimum absolute atomic E-state index is 0.0135. The second-order valence-corrected chi connectivity index (χ2v) is 11.6. The first kappa shape index (κ1) is 26.9. The molecule has 3 saturated carbocycles. The Morgan fingerprint density at radius 3 is 2.17 bits per heavy atom. The normalized spacial score (nSPS) is 30.8. The van der Waals surface area contributed by atoms with Gasteiger partial charge in [-0.15, -0.1) is 0 Å². The monoisotopic (exact) mass is 482 g/mol. The van der Waals surface area contributed by atoms with Crippen LogP contribution in [0.2, 0.25) is 0 Å². The summed E-state index contributed by atoms with van der Waals surface area (Å²) in [5.41, 5.74) is 3.89. The molecule has 5 rings (SSSR count). The van der Waals surface area contributed by atoms with Crippen molar-refractivity contribution in [3.63, 3.8) is 0 Å². The van der Waals surface area contributed by atoms with E-state index in [0.717, 1.165) is 6.42 Å². The van der Waals surface area contributed by atoms with E-state index in [1.165, 1.54) is 95.5 Å². The minimum atomic E-state index is -0.253. The molecule has 3 heteroatoms. The van der Waals surface area contributed by atoms with Crippen LogP contribution < -0.4 is 0 Å². The zero-order valence-electron chi connectivity index (χ0n) is 22.6. The molecule has 1 heterocycles. The Morgan fingerprint density at radius 1 is 0.800 bits per heavy atom. The molecule has 1 aromatic carbocycles. The molecule has 1 aliphatic heterocycles. The highest BCUT2D eigenvalue weighted by atomic mass is 16.7. The number of hydrogen-bond donors (Lipinski definition) is 0. The average molecular weight is 483 g/mol. The van der Waals surface area contributed by atoms with Gasteiger partial charge in [-0.25, -0.2) is 0 Å². The second-order valence-electron chi connectivity index (χ2n) is 11.6. The third-order valence-electron chi connectivity index (χ3n) is 9.24. The lowest BCUT2D eigenvalue weighted by molar-refractivity contribution is -0.232. The van der Waals surface area contributed by atoms with Gasteiger partial charge in [-0.05, 0) is 73.3 Å². The Labute approximate surface area is 215 Å². The van der Waals surface area contributed by atoms with Gasteiger partial charge in [-0.2, -0.15) is 0 Å². The van der Waals surface area contributed by atoms with Crippen molar-refractivity contribution >= 4 is 0 Å². The van der Waals surface area contributed by atoms with E-state index in [-0.39, 0.29) is 12.4 Å². The van der Waals surface area contributed by atoms with E-state index < -0.39 is 0 Å². The molecule has 3 aliphatic carbocycles. The quantitative estimate of drug-likeness (QED) is 0.196. The lowest BCUT2D eigenvalue weighted by atomic mass is 9.51. The van der Waals surface area contributed by atoms with Crippen LogP contribution in [-0.4, -0.2) is 26.1 Å². The lowest BCUT2D eigenvalue weighted by Crippen LogP contribution is -2.44. The molecule has 0 amide bonds. The van der Waals surface area contributed by atoms with Gasteiger partial charge >= 0.3 is 0 Å². The van der Waals surface area contributed by atoms with E-state index in [1.807, 2.05) is 0 Å². The highest BCUT2D eigenvalue weighted by Crippen LogP contribution is 2.59. The molecule has 0 radical (unpaired) electrons. The first-order valence-electron chi connectivity index (χ1n) is 14.8. The Balaban J connectivity index is 1.21. The van der Waals surface area contributed by atoms with Crippen LogP contribution in [0.15, 0.2) is 36.4 Å². The number of ether oxygens (including phenoxy) is 3. The molecule has 4 aliphatic rings. The summed E-state index contributed by atoms with van der Waals surface area (Å²) in [5, 5.41) is 0. The summed E-state index contributed by atoms with van der Waals surface area (Å²) in [6, 6.07) is 9.37. The Kier molecular flexibility index (Phi) is 10.3. The SMILES string of the molecule is CCCC/C=C/CO[C@H]1CO[C@H](c2ccc(C34CCC(CCCCCCC)(CC3)CC4)cc2)CO1. The van der Waals surface area contributed by atoms with E-state index in [1.54, 1.807) is 5.56 Å². The molecular weight excluding hydrogens is 432 g/mol. The number of fused-ring (bicyclic) bond motifs is 3. The molecule has 3 nitrogen and oxygen atoms in total. The fourth-order valence-corrected chi connectivity index (χ4v) is 6.67. The van der Waals surface area contributed by atoms with Gasteiger partial charge in [0.1, 0.15) is 6.10 Å². The molecule has 2 atom stereocenters. The maximum atomic E-state index is 6.12. The van der Waals surface area contributed by atoms with Gasteiger partial charge in [0.05, 0.1) is 19.8 Å². The van der Waals surface area contributed by atoms with Crippen LogP contribution in [0, 0.1) is 5.41 Å². The fraction of sp³-hybridized carbons (Fsp3) is 0.750. The van der Waals surface area contributed by atoms with Crippen molar-refractivity contribution in [2.75, 3.05) is 19.8 Å². The summed E-state index contributed by atoms with van der Waals surface area (Å²) < 4.78 is 17.9. The second kappa shape index (κ2) is 13.4. The van der Waals surface area contributed by atoms with Crippen molar-refractivity contribution in [2.24, 2.45) is 5.41 Å². The number of unbranched alkanes of at least 4 members (excludes halogenated alkanes) is 6. The molecular formula is C32H50O3. The maximum Gasteiger partial charge on any atom is 0.181 e. The van der Waals surface area contributed by atoms with Crippen molar-refractivity contribution in [1.29, 1.82) is 0 Å². The van der Waals surface area contributed by atoms with Gasteiger partial charge in [-0.3, -0.25) is 0 Å². The Hall–Kier alpha value is -1.16. The van der Waals surface area contributed by atoms with Gasteiger partial charge in [0.2, 0.25) is 0 Å². The van der Waals surface area contributed by atoms with Gasteiger partial charge in [0, 0.05) is 0 Å². The lowest BCUT2D eigenvalue weighted by Gasteiger charge is -2.54. The topological polar surface area (TPSA) is 27.7 Å². The smallest absolute Gasteiger partial charge is 0.181 e. The molecule has 0 unspecified atom stereocenters. The zero-order chi connectivity index (χ0) is 24.4. The first-order chi connectivity index (χ1) is 17.2. The van der Waals surface area contributed by atoms with Crippen LogP contribution in [-0.2, 0) is 19.6 Å². The summed E-state index contributed by atoms with van der Waals surface area (Å²) in [7, 11) is 0. The Morgan fingerprint density at radius 2 is 1.51 bits per heavy atom. The van der Waals surface area contributed by atoms with Gasteiger partial charge in [0.25, 0.3) is 0 Å². The van der Waals surface area contributed by atoms with E-state index >= 15 is 0 Å². The largest absolute Gasteiger partial charge is 0.366 e. The number of benzene rings is 1. The molecule has 1 saturated heterocycles. The van der Waals surface area contributed by atoms with Gasteiger partial charge in [-0.1, -0.05) is 95.2 Å². The first-order valence-corrected chi connectivity index (χ1v) is 14.8. The van der Waals surface area contributed by atoms with E-state index in [0.29, 0.717) is 30.7 Å². The standard InChI is InChI=1S/C32H50O3/c1-3-5-7-9-11-17-31-18-21-32(22-19-31,23-20-31)28-15-13-27(14-16-28)29-25-35-30(26-34-29)33-24-12-10-8-6-4-2/h10,12-16,29-30H,3-9,11,17-26H2,1-2H3/b12-10+/t29-,30+,31?,32?/m0/s1. The fourth-order valence-electron chi connectivity index (χ4n) is 6.67. The van der Waals surface area contributed by atoms with Crippen LogP contribution in [0.3, 0.4) is 0 Å². The molecule has 35 heavy (non-hydrogen) atoms. The summed E-state index contributed by atoms with van der Waals surface area (Å²) in [6.45, 7) is 6.19. The van der Waals surface area contributed by atoms with Gasteiger partial charge in [0.15, 0.2) is 6.29 Å². The van der Waals surface area contributed by atoms with Crippen molar-refractivity contribution < 1.29 is 14.2 Å². The van der Waals surface area contributed by atoms with Crippen LogP contribution in [0.1, 0.15) is 127 Å². The zero-order valence-corrected chi connectivity index (χ0v) is 22.6. The molecule has 0 aromatic heterocycles. The summed E-state index contributed by atoms with van der Waals surface area (Å²) in [6.07, 6.45) is 24.7. The van der Waals surface area contributed by atoms with Crippen molar-refractivity contribution in [3.8, 4) is 0 Å². The molecule has 0 N–H and O–H groups in total. The average Bonchev–Trinajstić information content (AvgIpc) is 2.92. The van der Waals surface area contributed by atoms with Crippen molar-refractivity contribution in [3.05, 3.63) is 47.5 Å². The predicted molar refractivity (Wildman–Crippen MR) is 145 cm³/mol. The predicted octanol–water partition coefficient (Wildman–Crippen LogP) is 8.82. The number of rotatable bonds is 14. The summed E-state index contributed by atoms with van der Waals surface area (Å²) in [4.78, 5) is 0. The van der Waals surface area contributed by atoms with Crippen LogP contribution in [0.4, 0.5) is 0 Å². The molecule has 1 aromatic rings. The van der Waals surface area contributed by atoms with Crippen LogP contribution in [0.5, 0.6) is 0 Å². The molecule has 196 valence electrons. The van der Waals surface area contributed by atoms with E-state index in [9.17, 15) is 0 Å². The van der Waals surface area contributed by atoms with Crippen LogP contribution >= 0.6 is 0 Å². The van der Waals surface area contributed by atoms with Crippen molar-refractivity contribution in [2.45, 2.75) is 128 Å². The van der Waals surface area contributed by atoms with E-state index in [4.69, 9.17) is 14.2 Å². The Bertz CT molecular complexity index is 735. The summed E-state index contributed by atoms with van der Waals surface area (Å²) in [5.74, 6) is 0. The number of allylic oxidation sites excluding steroid dienone is 1. The van der Waals surface area contributed by atoms with Crippen molar-refractivity contribution in [1.82, 2.24) is 0 Å². The summed E-state index contributed by atoms with van der Waals surface area (Å²) >= 11 is 0. The molecule has 2 bridgehead atoms. The molecule has 4 fully saturated rings. The van der Waals surface area contributed by atoms with Gasteiger partial charge < -0.3 is 14.2 Å². The minimum Gasteiger partial charge on any atom is -0.366 e. The molecule has 0 spiro atoms. The maximum absolute atomic E-state index is 6.12. The highest BCUT2D eigenvalue weighted by molar-refractivity contribution is 5.32. The third kappa shape index (κ3) is 7.21. The van der Waals surface area contributed by atoms with E-state index in [2.05, 4.69) is 50.3 Å². The third-order valence-corrected chi connectivity index (χ3v) is 9.24. The van der Waals surface area contributed by atoms with Crippen LogP contribution in [0.25, 0.3) is 0 Å². The highest BCUT2D eigenvalue weighted by Gasteiger charge is 2.48.